The minimum Gasteiger partial charge on any atom is -0.489 e. The largest absolute Gasteiger partial charge is 0.573 e. The molecule has 0 amide bonds. The molecule has 0 fully saturated rings. The van der Waals surface area contributed by atoms with Crippen molar-refractivity contribution in [2.75, 3.05) is 6.61 Å². The van der Waals surface area contributed by atoms with Crippen molar-refractivity contribution in [3.8, 4) is 11.5 Å². The maximum Gasteiger partial charge on any atom is 0.573 e. The van der Waals surface area contributed by atoms with Crippen LogP contribution in [0.4, 0.5) is 13.2 Å². The van der Waals surface area contributed by atoms with Crippen LogP contribution >= 0.6 is 0 Å². The zero-order valence-corrected chi connectivity index (χ0v) is 7.60. The first kappa shape index (κ1) is 10.1. The summed E-state index contributed by atoms with van der Waals surface area (Å²) in [6.07, 6.45) is -1.21. The number of ether oxygens (including phenoxy) is 2. The SMILES string of the molecule is FC(F)(F)Oc1cccc2c1OCC[C]2. The molecule has 2 nitrogen and oxygen atoms in total. The Morgan fingerprint density at radius 3 is 2.87 bits per heavy atom. The zero-order chi connectivity index (χ0) is 10.9. The molecule has 15 heavy (non-hydrogen) atoms. The van der Waals surface area contributed by atoms with Crippen LogP contribution < -0.4 is 9.47 Å². The van der Waals surface area contributed by atoms with E-state index in [2.05, 4.69) is 11.2 Å². The Bertz CT molecular complexity index is 360. The lowest BCUT2D eigenvalue weighted by Gasteiger charge is -2.20. The molecule has 5 heteroatoms. The van der Waals surface area contributed by atoms with Gasteiger partial charge in [-0.05, 0) is 12.5 Å². The van der Waals surface area contributed by atoms with Crippen molar-refractivity contribution in [1.29, 1.82) is 0 Å². The molecule has 0 N–H and O–H groups in total. The van der Waals surface area contributed by atoms with Crippen LogP contribution in [0.3, 0.4) is 0 Å². The summed E-state index contributed by atoms with van der Waals surface area (Å²) in [5.41, 5.74) is 0.517. The van der Waals surface area contributed by atoms with Crippen LogP contribution in [-0.2, 0) is 0 Å². The summed E-state index contributed by atoms with van der Waals surface area (Å²) in [5.74, 6) is -0.201. The lowest BCUT2D eigenvalue weighted by Crippen LogP contribution is -2.19. The van der Waals surface area contributed by atoms with Crippen LogP contribution in [-0.4, -0.2) is 13.0 Å². The summed E-state index contributed by atoms with van der Waals surface area (Å²) in [7, 11) is 0. The quantitative estimate of drug-likeness (QED) is 0.718. The number of para-hydroxylation sites is 1. The number of hydrogen-bond acceptors (Lipinski definition) is 2. The second kappa shape index (κ2) is 3.64. The predicted molar refractivity (Wildman–Crippen MR) is 45.6 cm³/mol. The van der Waals surface area contributed by atoms with Gasteiger partial charge in [0, 0.05) is 12.0 Å². The van der Waals surface area contributed by atoms with Crippen molar-refractivity contribution in [3.63, 3.8) is 0 Å². The van der Waals surface area contributed by atoms with Crippen LogP contribution in [0.1, 0.15) is 12.0 Å². The van der Waals surface area contributed by atoms with Crippen LogP contribution in [0.2, 0.25) is 0 Å². The van der Waals surface area contributed by atoms with Crippen molar-refractivity contribution in [2.45, 2.75) is 12.8 Å². The minimum atomic E-state index is -4.70. The third kappa shape index (κ3) is 2.34. The van der Waals surface area contributed by atoms with Gasteiger partial charge in [0.05, 0.1) is 6.61 Å². The number of halogens is 3. The molecule has 0 bridgehead atoms. The van der Waals surface area contributed by atoms with Gasteiger partial charge in [-0.1, -0.05) is 12.1 Å². The van der Waals surface area contributed by atoms with Gasteiger partial charge < -0.3 is 9.47 Å². The van der Waals surface area contributed by atoms with Crippen molar-refractivity contribution in [2.24, 2.45) is 0 Å². The van der Waals surface area contributed by atoms with Gasteiger partial charge in [-0.3, -0.25) is 0 Å². The predicted octanol–water partition coefficient (Wildman–Crippen LogP) is 2.80. The highest BCUT2D eigenvalue weighted by atomic mass is 19.4. The van der Waals surface area contributed by atoms with E-state index in [-0.39, 0.29) is 11.5 Å². The van der Waals surface area contributed by atoms with Gasteiger partial charge in [0.2, 0.25) is 0 Å². The first-order valence-electron chi connectivity index (χ1n) is 4.32. The number of alkyl halides is 3. The van der Waals surface area contributed by atoms with E-state index in [1.165, 1.54) is 12.1 Å². The van der Waals surface area contributed by atoms with Crippen molar-refractivity contribution in [1.82, 2.24) is 0 Å². The molecule has 1 heterocycles. The minimum absolute atomic E-state index is 0.112. The van der Waals surface area contributed by atoms with Crippen molar-refractivity contribution < 1.29 is 22.6 Å². The summed E-state index contributed by atoms with van der Waals surface area (Å²) in [4.78, 5) is 0. The Morgan fingerprint density at radius 2 is 2.13 bits per heavy atom. The molecule has 0 saturated carbocycles. The van der Waals surface area contributed by atoms with Gasteiger partial charge >= 0.3 is 6.36 Å². The molecular formula is C10H7F3O2. The van der Waals surface area contributed by atoms with E-state index >= 15 is 0 Å². The molecule has 0 aromatic heterocycles. The first-order chi connectivity index (χ1) is 7.06. The van der Waals surface area contributed by atoms with Crippen molar-refractivity contribution >= 4 is 0 Å². The molecule has 0 aliphatic carbocycles. The molecule has 1 aliphatic heterocycles. The fraction of sp³-hybridized carbons (Fsp3) is 0.300. The monoisotopic (exact) mass is 216 g/mol. The van der Waals surface area contributed by atoms with Crippen LogP contribution in [0.15, 0.2) is 18.2 Å². The zero-order valence-electron chi connectivity index (χ0n) is 7.60. The van der Waals surface area contributed by atoms with Gasteiger partial charge in [0.25, 0.3) is 0 Å². The number of rotatable bonds is 1. The van der Waals surface area contributed by atoms with Crippen LogP contribution in [0.5, 0.6) is 11.5 Å². The third-order valence-corrected chi connectivity index (χ3v) is 1.87. The second-order valence-electron chi connectivity index (χ2n) is 2.96. The van der Waals surface area contributed by atoms with Gasteiger partial charge in [0.1, 0.15) is 0 Å². The van der Waals surface area contributed by atoms with E-state index in [0.29, 0.717) is 18.6 Å². The highest BCUT2D eigenvalue weighted by Gasteiger charge is 2.33. The van der Waals surface area contributed by atoms with Gasteiger partial charge in [-0.25, -0.2) is 0 Å². The molecule has 1 aliphatic rings. The fourth-order valence-corrected chi connectivity index (χ4v) is 1.35. The Balaban J connectivity index is 2.31. The lowest BCUT2D eigenvalue weighted by molar-refractivity contribution is -0.275. The third-order valence-electron chi connectivity index (χ3n) is 1.87. The van der Waals surface area contributed by atoms with Gasteiger partial charge in [-0.15, -0.1) is 13.2 Å². The highest BCUT2D eigenvalue weighted by molar-refractivity contribution is 5.50. The van der Waals surface area contributed by atoms with Crippen LogP contribution in [0.25, 0.3) is 0 Å². The van der Waals surface area contributed by atoms with Crippen molar-refractivity contribution in [3.05, 3.63) is 30.2 Å². The maximum atomic E-state index is 12.0. The molecular weight excluding hydrogens is 209 g/mol. The average Bonchev–Trinajstić information content (AvgIpc) is 2.16. The Kier molecular flexibility index (Phi) is 2.46. The van der Waals surface area contributed by atoms with Gasteiger partial charge in [0.15, 0.2) is 11.5 Å². The molecule has 0 spiro atoms. The molecule has 80 valence electrons. The Hall–Kier alpha value is -1.39. The normalized spacial score (nSPS) is 15.4. The topological polar surface area (TPSA) is 18.5 Å². The standard InChI is InChI=1S/C10H7F3O2/c11-10(12,13)15-8-5-1-3-7-4-2-6-14-9(7)8/h1,3,5H,2,6H2. The summed E-state index contributed by atoms with van der Waals surface area (Å²) < 4.78 is 45.0. The van der Waals surface area contributed by atoms with E-state index in [0.717, 1.165) is 0 Å². The summed E-state index contributed by atoms with van der Waals surface area (Å²) in [5, 5.41) is 0. The molecule has 0 unspecified atom stereocenters. The first-order valence-corrected chi connectivity index (χ1v) is 4.32. The summed E-state index contributed by atoms with van der Waals surface area (Å²) in [6, 6.07) is 4.33. The molecule has 1 aromatic carbocycles. The van der Waals surface area contributed by atoms with E-state index in [1.54, 1.807) is 6.07 Å². The average molecular weight is 216 g/mol. The molecule has 0 atom stereocenters. The van der Waals surface area contributed by atoms with E-state index < -0.39 is 6.36 Å². The number of fused-ring (bicyclic) bond motifs is 1. The Morgan fingerprint density at radius 1 is 1.33 bits per heavy atom. The molecule has 1 aromatic rings. The van der Waals surface area contributed by atoms with E-state index in [4.69, 9.17) is 4.74 Å². The molecule has 2 rings (SSSR count). The smallest absolute Gasteiger partial charge is 0.489 e. The second-order valence-corrected chi connectivity index (χ2v) is 2.96. The lowest BCUT2D eigenvalue weighted by atomic mass is 10.1. The summed E-state index contributed by atoms with van der Waals surface area (Å²) in [6.45, 7) is 0.325. The van der Waals surface area contributed by atoms with Crippen LogP contribution in [0, 0.1) is 6.42 Å². The molecule has 0 saturated heterocycles. The van der Waals surface area contributed by atoms with E-state index in [1.807, 2.05) is 0 Å². The number of hydrogen-bond donors (Lipinski definition) is 0. The fourth-order valence-electron chi connectivity index (χ4n) is 1.35. The summed E-state index contributed by atoms with van der Waals surface area (Å²) >= 11 is 0. The maximum absolute atomic E-state index is 12.0. The highest BCUT2D eigenvalue weighted by Crippen LogP contribution is 2.38. The Labute approximate surface area is 84.6 Å². The molecule has 2 radical (unpaired) electrons. The number of benzene rings is 1. The van der Waals surface area contributed by atoms with Gasteiger partial charge in [-0.2, -0.15) is 0 Å². The van der Waals surface area contributed by atoms with E-state index in [9.17, 15) is 13.2 Å².